The van der Waals surface area contributed by atoms with Gasteiger partial charge in [-0.2, -0.15) is 0 Å². The van der Waals surface area contributed by atoms with Crippen molar-refractivity contribution in [2.45, 2.75) is 58.4 Å². The molecule has 2 rings (SSSR count). The quantitative estimate of drug-likeness (QED) is 0.828. The molecule has 0 saturated carbocycles. The summed E-state index contributed by atoms with van der Waals surface area (Å²) in [4.78, 5) is 13.7. The second kappa shape index (κ2) is 6.03. The molecular weight excluding hydrogens is 228 g/mol. The van der Waals surface area contributed by atoms with Gasteiger partial charge in [0.05, 0.1) is 6.04 Å². The van der Waals surface area contributed by atoms with Crippen LogP contribution < -0.4 is 0 Å². The zero-order valence-electron chi connectivity index (χ0n) is 11.3. The molecule has 1 fully saturated rings. The van der Waals surface area contributed by atoms with Crippen LogP contribution in [0.5, 0.6) is 0 Å². The molecule has 1 aliphatic heterocycles. The van der Waals surface area contributed by atoms with Crippen molar-refractivity contribution in [1.82, 2.24) is 10.1 Å². The van der Waals surface area contributed by atoms with Crippen molar-refractivity contribution < 1.29 is 9.32 Å². The number of nitrogens with zero attached hydrogens (tertiary/aromatic N) is 2. The van der Waals surface area contributed by atoms with Gasteiger partial charge in [0, 0.05) is 26.0 Å². The molecule has 0 bridgehead atoms. The number of likely N-dealkylation sites (tertiary alicyclic amines) is 1. The van der Waals surface area contributed by atoms with Crippen LogP contribution in [0, 0.1) is 0 Å². The molecule has 1 aromatic heterocycles. The number of hydrogen-bond donors (Lipinski definition) is 0. The third-order valence-electron chi connectivity index (χ3n) is 3.57. The number of aryl methyl sites for hydroxylation is 1. The summed E-state index contributed by atoms with van der Waals surface area (Å²) in [7, 11) is 0. The average Bonchev–Trinajstić information content (AvgIpc) is 2.65. The number of carbonyl (C=O) groups is 1. The Labute approximate surface area is 108 Å². The molecule has 1 saturated heterocycles. The first-order valence-corrected chi connectivity index (χ1v) is 6.95. The summed E-state index contributed by atoms with van der Waals surface area (Å²) in [5.41, 5.74) is 0.926. The first-order valence-electron chi connectivity index (χ1n) is 6.95. The highest BCUT2D eigenvalue weighted by molar-refractivity contribution is 5.73. The molecule has 2 heterocycles. The van der Waals surface area contributed by atoms with Crippen molar-refractivity contribution in [2.75, 3.05) is 6.54 Å². The molecule has 0 aliphatic carbocycles. The topological polar surface area (TPSA) is 46.3 Å². The highest BCUT2D eigenvalue weighted by Gasteiger charge is 2.27. The summed E-state index contributed by atoms with van der Waals surface area (Å²) < 4.78 is 5.34. The Morgan fingerprint density at radius 3 is 3.06 bits per heavy atom. The second-order valence-corrected chi connectivity index (χ2v) is 5.05. The SMILES string of the molecule is CCCc1cc(C2CCCCCN2C(C)=O)no1. The minimum absolute atomic E-state index is 0.111. The maximum absolute atomic E-state index is 11.7. The predicted molar refractivity (Wildman–Crippen MR) is 69.1 cm³/mol. The first-order chi connectivity index (χ1) is 8.72. The van der Waals surface area contributed by atoms with E-state index in [9.17, 15) is 4.79 Å². The van der Waals surface area contributed by atoms with Gasteiger partial charge in [0.1, 0.15) is 11.5 Å². The molecule has 4 nitrogen and oxygen atoms in total. The van der Waals surface area contributed by atoms with E-state index in [1.165, 1.54) is 6.42 Å². The molecule has 0 spiro atoms. The van der Waals surface area contributed by atoms with E-state index in [-0.39, 0.29) is 11.9 Å². The van der Waals surface area contributed by atoms with Crippen LogP contribution in [0.25, 0.3) is 0 Å². The van der Waals surface area contributed by atoms with Crippen molar-refractivity contribution in [3.8, 4) is 0 Å². The smallest absolute Gasteiger partial charge is 0.220 e. The molecule has 1 aromatic rings. The largest absolute Gasteiger partial charge is 0.361 e. The molecule has 0 aromatic carbocycles. The Kier molecular flexibility index (Phi) is 4.39. The van der Waals surface area contributed by atoms with Gasteiger partial charge in [-0.25, -0.2) is 0 Å². The lowest BCUT2D eigenvalue weighted by Gasteiger charge is -2.27. The minimum Gasteiger partial charge on any atom is -0.361 e. The molecule has 4 heteroatoms. The highest BCUT2D eigenvalue weighted by Crippen LogP contribution is 2.30. The van der Waals surface area contributed by atoms with Gasteiger partial charge >= 0.3 is 0 Å². The van der Waals surface area contributed by atoms with Gasteiger partial charge in [-0.1, -0.05) is 24.9 Å². The summed E-state index contributed by atoms with van der Waals surface area (Å²) in [5, 5.41) is 4.16. The second-order valence-electron chi connectivity index (χ2n) is 5.05. The monoisotopic (exact) mass is 250 g/mol. The lowest BCUT2D eigenvalue weighted by atomic mass is 10.1. The highest BCUT2D eigenvalue weighted by atomic mass is 16.5. The summed E-state index contributed by atoms with van der Waals surface area (Å²) >= 11 is 0. The van der Waals surface area contributed by atoms with Gasteiger partial charge in [0.25, 0.3) is 0 Å². The molecule has 1 unspecified atom stereocenters. The first kappa shape index (κ1) is 13.1. The summed E-state index contributed by atoms with van der Waals surface area (Å²) in [6.07, 6.45) is 6.41. The van der Waals surface area contributed by atoms with Crippen LogP contribution >= 0.6 is 0 Å². The zero-order chi connectivity index (χ0) is 13.0. The van der Waals surface area contributed by atoms with Crippen LogP contribution in [-0.4, -0.2) is 22.5 Å². The lowest BCUT2D eigenvalue weighted by molar-refractivity contribution is -0.131. The third kappa shape index (κ3) is 2.92. The van der Waals surface area contributed by atoms with E-state index in [1.807, 2.05) is 11.0 Å². The van der Waals surface area contributed by atoms with Crippen molar-refractivity contribution in [3.05, 3.63) is 17.5 Å². The number of hydrogen-bond acceptors (Lipinski definition) is 3. The summed E-state index contributed by atoms with van der Waals surface area (Å²) in [6, 6.07) is 2.13. The van der Waals surface area contributed by atoms with E-state index in [0.29, 0.717) is 0 Å². The summed E-state index contributed by atoms with van der Waals surface area (Å²) in [5.74, 6) is 1.07. The Morgan fingerprint density at radius 2 is 2.33 bits per heavy atom. The normalized spacial score (nSPS) is 20.8. The Morgan fingerprint density at radius 1 is 1.50 bits per heavy atom. The van der Waals surface area contributed by atoms with E-state index in [0.717, 1.165) is 50.1 Å². The van der Waals surface area contributed by atoms with E-state index in [2.05, 4.69) is 12.1 Å². The van der Waals surface area contributed by atoms with Gasteiger partial charge in [0.15, 0.2) is 0 Å². The molecule has 100 valence electrons. The molecule has 1 atom stereocenters. The third-order valence-corrected chi connectivity index (χ3v) is 3.57. The van der Waals surface area contributed by atoms with Crippen molar-refractivity contribution in [3.63, 3.8) is 0 Å². The van der Waals surface area contributed by atoms with Gasteiger partial charge in [-0.3, -0.25) is 4.79 Å². The van der Waals surface area contributed by atoms with Crippen molar-refractivity contribution in [2.24, 2.45) is 0 Å². The van der Waals surface area contributed by atoms with Crippen molar-refractivity contribution >= 4 is 5.91 Å². The molecule has 0 radical (unpaired) electrons. The number of carbonyl (C=O) groups excluding carboxylic acids is 1. The van der Waals surface area contributed by atoms with Gasteiger partial charge in [0.2, 0.25) is 5.91 Å². The fourth-order valence-electron chi connectivity index (χ4n) is 2.64. The van der Waals surface area contributed by atoms with Crippen LogP contribution in [-0.2, 0) is 11.2 Å². The zero-order valence-corrected chi connectivity index (χ0v) is 11.3. The number of amides is 1. The minimum atomic E-state index is 0.111. The predicted octanol–water partition coefficient (Wildman–Crippen LogP) is 3.09. The van der Waals surface area contributed by atoms with E-state index in [1.54, 1.807) is 6.92 Å². The van der Waals surface area contributed by atoms with E-state index >= 15 is 0 Å². The van der Waals surface area contributed by atoms with Gasteiger partial charge < -0.3 is 9.42 Å². The van der Waals surface area contributed by atoms with Crippen molar-refractivity contribution in [1.29, 1.82) is 0 Å². The van der Waals surface area contributed by atoms with Crippen LogP contribution in [0.2, 0.25) is 0 Å². The van der Waals surface area contributed by atoms with E-state index < -0.39 is 0 Å². The van der Waals surface area contributed by atoms with Gasteiger partial charge in [-0.15, -0.1) is 0 Å². The maximum Gasteiger partial charge on any atom is 0.220 e. The van der Waals surface area contributed by atoms with E-state index in [4.69, 9.17) is 4.52 Å². The summed E-state index contributed by atoms with van der Waals surface area (Å²) in [6.45, 7) is 4.61. The van der Waals surface area contributed by atoms with Crippen LogP contribution in [0.4, 0.5) is 0 Å². The van der Waals surface area contributed by atoms with Crippen LogP contribution in [0.1, 0.15) is 63.4 Å². The average molecular weight is 250 g/mol. The Bertz CT molecular complexity index is 400. The fraction of sp³-hybridized carbons (Fsp3) is 0.714. The fourth-order valence-corrected chi connectivity index (χ4v) is 2.64. The number of rotatable bonds is 3. The van der Waals surface area contributed by atoms with Crippen LogP contribution in [0.15, 0.2) is 10.6 Å². The molecule has 1 amide bonds. The molecule has 1 aliphatic rings. The van der Waals surface area contributed by atoms with Crippen LogP contribution in [0.3, 0.4) is 0 Å². The molecular formula is C14H22N2O2. The Hall–Kier alpha value is -1.32. The number of aromatic nitrogens is 1. The Balaban J connectivity index is 2.17. The molecule has 18 heavy (non-hydrogen) atoms. The standard InChI is InChI=1S/C14H22N2O2/c1-3-7-12-10-13(15-18-12)14-8-5-4-6-9-16(14)11(2)17/h10,14H,3-9H2,1-2H3. The van der Waals surface area contributed by atoms with Gasteiger partial charge in [-0.05, 0) is 19.3 Å². The molecule has 0 N–H and O–H groups in total. The maximum atomic E-state index is 11.7. The lowest BCUT2D eigenvalue weighted by Crippen LogP contribution is -2.33.